The Morgan fingerprint density at radius 1 is 1.10 bits per heavy atom. The van der Waals surface area contributed by atoms with E-state index in [2.05, 4.69) is 41.0 Å². The summed E-state index contributed by atoms with van der Waals surface area (Å²) in [5.74, 6) is 0.426. The van der Waals surface area contributed by atoms with Gasteiger partial charge in [0.15, 0.2) is 0 Å². The van der Waals surface area contributed by atoms with E-state index in [4.69, 9.17) is 4.74 Å². The molecule has 0 aliphatic carbocycles. The van der Waals surface area contributed by atoms with Gasteiger partial charge in [-0.25, -0.2) is 0 Å². The molecular weight excluding hydrogens is 408 g/mol. The van der Waals surface area contributed by atoms with Gasteiger partial charge >= 0.3 is 0 Å². The number of thiophene rings is 1. The van der Waals surface area contributed by atoms with E-state index in [1.165, 1.54) is 10.4 Å². The van der Waals surface area contributed by atoms with Gasteiger partial charge in [0.1, 0.15) is 5.75 Å². The normalized spacial score (nSPS) is 18.1. The summed E-state index contributed by atoms with van der Waals surface area (Å²) in [7, 11) is 3.22. The monoisotopic (exact) mass is 434 g/mol. The zero-order valence-electron chi connectivity index (χ0n) is 17.8. The molecule has 31 heavy (non-hydrogen) atoms. The lowest BCUT2D eigenvalue weighted by atomic mass is 9.79. The maximum atomic E-state index is 13.2. The van der Waals surface area contributed by atoms with Gasteiger partial charge in [-0.3, -0.25) is 9.59 Å². The molecule has 1 N–H and O–H groups in total. The van der Waals surface area contributed by atoms with E-state index in [1.807, 2.05) is 18.2 Å². The number of hydrogen-bond donors (Lipinski definition) is 1. The van der Waals surface area contributed by atoms with Crippen LogP contribution in [0.4, 0.5) is 0 Å². The molecule has 3 aromatic rings. The van der Waals surface area contributed by atoms with Gasteiger partial charge in [0.25, 0.3) is 5.91 Å². The molecule has 1 aliphatic rings. The summed E-state index contributed by atoms with van der Waals surface area (Å²) in [5, 5.41) is 4.89. The molecule has 6 heteroatoms. The molecule has 0 bridgehead atoms. The van der Waals surface area contributed by atoms with Crippen molar-refractivity contribution in [3.63, 3.8) is 0 Å². The number of likely N-dealkylation sites (tertiary alicyclic amines) is 1. The summed E-state index contributed by atoms with van der Waals surface area (Å²) in [5.41, 5.74) is 2.15. The highest BCUT2D eigenvalue weighted by atomic mass is 32.1. The van der Waals surface area contributed by atoms with Crippen molar-refractivity contribution in [1.29, 1.82) is 0 Å². The van der Waals surface area contributed by atoms with E-state index in [9.17, 15) is 9.59 Å². The second-order valence-corrected chi connectivity index (χ2v) is 8.84. The van der Waals surface area contributed by atoms with Gasteiger partial charge in [-0.05, 0) is 47.5 Å². The molecule has 5 nitrogen and oxygen atoms in total. The Morgan fingerprint density at radius 3 is 2.55 bits per heavy atom. The number of nitrogens with zero attached hydrogens (tertiary/aromatic N) is 1. The summed E-state index contributed by atoms with van der Waals surface area (Å²) in [4.78, 5) is 29.1. The number of hydrogen-bond acceptors (Lipinski definition) is 4. The highest BCUT2D eigenvalue weighted by Gasteiger charge is 2.45. The minimum atomic E-state index is -0.642. The molecule has 0 saturated carbocycles. The van der Waals surface area contributed by atoms with Crippen molar-refractivity contribution in [3.8, 4) is 16.2 Å². The van der Waals surface area contributed by atoms with Crippen LogP contribution in [0.25, 0.3) is 10.4 Å². The predicted molar refractivity (Wildman–Crippen MR) is 123 cm³/mol. The van der Waals surface area contributed by atoms with Gasteiger partial charge < -0.3 is 15.0 Å². The van der Waals surface area contributed by atoms with E-state index in [0.717, 1.165) is 5.56 Å². The molecule has 1 atom stereocenters. The lowest BCUT2D eigenvalue weighted by Gasteiger charge is -2.28. The van der Waals surface area contributed by atoms with Crippen LogP contribution in [0.2, 0.25) is 0 Å². The van der Waals surface area contributed by atoms with E-state index in [-0.39, 0.29) is 11.8 Å². The van der Waals surface area contributed by atoms with Crippen molar-refractivity contribution in [2.45, 2.75) is 12.8 Å². The molecule has 1 aromatic heterocycles. The van der Waals surface area contributed by atoms with Crippen LogP contribution < -0.4 is 10.1 Å². The fraction of sp³-hybridized carbons (Fsp3) is 0.280. The molecule has 2 heterocycles. The van der Waals surface area contributed by atoms with Crippen LogP contribution >= 0.6 is 11.3 Å². The zero-order chi connectivity index (χ0) is 21.8. The van der Waals surface area contributed by atoms with E-state index in [1.54, 1.807) is 42.5 Å². The summed E-state index contributed by atoms with van der Waals surface area (Å²) in [6.07, 6.45) is 1.22. The van der Waals surface area contributed by atoms with Crippen LogP contribution in [0, 0.1) is 5.41 Å². The number of benzene rings is 2. The Bertz CT molecular complexity index is 1060. The van der Waals surface area contributed by atoms with Crippen molar-refractivity contribution >= 4 is 23.2 Å². The number of rotatable bonds is 6. The average molecular weight is 435 g/mol. The van der Waals surface area contributed by atoms with E-state index < -0.39 is 5.41 Å². The maximum absolute atomic E-state index is 13.2. The Morgan fingerprint density at radius 2 is 1.87 bits per heavy atom. The quantitative estimate of drug-likeness (QED) is 0.631. The minimum absolute atomic E-state index is 0.0230. The Kier molecular flexibility index (Phi) is 6.09. The second-order valence-electron chi connectivity index (χ2n) is 7.89. The van der Waals surface area contributed by atoms with Crippen LogP contribution in [-0.2, 0) is 11.2 Å². The molecule has 2 aromatic carbocycles. The molecule has 1 unspecified atom stereocenters. The molecule has 160 valence electrons. The highest BCUT2D eigenvalue weighted by molar-refractivity contribution is 7.13. The smallest absolute Gasteiger partial charge is 0.257 e. The Balaban J connectivity index is 1.55. The number of carbonyl (C=O) groups excluding carboxylic acids is 2. The molecule has 2 amide bonds. The predicted octanol–water partition coefficient (Wildman–Crippen LogP) is 4.24. The van der Waals surface area contributed by atoms with Gasteiger partial charge in [0.2, 0.25) is 5.91 Å². The second kappa shape index (κ2) is 8.94. The fourth-order valence-electron chi connectivity index (χ4n) is 4.33. The summed E-state index contributed by atoms with van der Waals surface area (Å²) >= 11 is 1.71. The number of methoxy groups -OCH3 is 1. The third-order valence-corrected chi connectivity index (χ3v) is 6.91. The van der Waals surface area contributed by atoms with E-state index in [0.29, 0.717) is 37.2 Å². The first kappa shape index (κ1) is 21.1. The zero-order valence-corrected chi connectivity index (χ0v) is 18.6. The summed E-state index contributed by atoms with van der Waals surface area (Å²) < 4.78 is 5.36. The number of ether oxygens (including phenoxy) is 1. The topological polar surface area (TPSA) is 58.6 Å². The van der Waals surface area contributed by atoms with Gasteiger partial charge in [0, 0.05) is 25.0 Å². The summed E-state index contributed by atoms with van der Waals surface area (Å²) in [6.45, 7) is 0.924. The van der Waals surface area contributed by atoms with Gasteiger partial charge in [0.05, 0.1) is 18.1 Å². The number of amides is 2. The summed E-state index contributed by atoms with van der Waals surface area (Å²) in [6, 6.07) is 19.7. The van der Waals surface area contributed by atoms with Crippen molar-refractivity contribution in [1.82, 2.24) is 10.2 Å². The molecule has 0 spiro atoms. The van der Waals surface area contributed by atoms with Crippen LogP contribution in [0.15, 0.2) is 66.0 Å². The van der Waals surface area contributed by atoms with Gasteiger partial charge in [-0.2, -0.15) is 0 Å². The van der Waals surface area contributed by atoms with E-state index >= 15 is 0 Å². The first-order chi connectivity index (χ1) is 15.1. The van der Waals surface area contributed by atoms with Crippen molar-refractivity contribution in [2.24, 2.45) is 5.41 Å². The van der Waals surface area contributed by atoms with Crippen LogP contribution in [0.1, 0.15) is 22.3 Å². The first-order valence-electron chi connectivity index (χ1n) is 10.3. The molecule has 0 radical (unpaired) electrons. The van der Waals surface area contributed by atoms with Crippen LogP contribution in [0.3, 0.4) is 0 Å². The largest absolute Gasteiger partial charge is 0.496 e. The number of para-hydroxylation sites is 1. The highest BCUT2D eigenvalue weighted by Crippen LogP contribution is 2.37. The van der Waals surface area contributed by atoms with Crippen molar-refractivity contribution < 1.29 is 14.3 Å². The third kappa shape index (κ3) is 4.21. The SMILES string of the molecule is CNC(=O)C1(Cc2ccc(-c3cccs3)cc2)CCN(C(=O)c2ccccc2OC)C1. The minimum Gasteiger partial charge on any atom is -0.496 e. The lowest BCUT2D eigenvalue weighted by molar-refractivity contribution is -0.129. The van der Waals surface area contributed by atoms with Crippen molar-refractivity contribution in [2.75, 3.05) is 27.2 Å². The third-order valence-electron chi connectivity index (χ3n) is 5.99. The number of nitrogens with one attached hydrogen (secondary N) is 1. The molecule has 1 aliphatic heterocycles. The Labute approximate surface area is 186 Å². The Hall–Kier alpha value is -3.12. The van der Waals surface area contributed by atoms with Gasteiger partial charge in [-0.1, -0.05) is 42.5 Å². The molecule has 1 saturated heterocycles. The van der Waals surface area contributed by atoms with Gasteiger partial charge in [-0.15, -0.1) is 11.3 Å². The number of carbonyl (C=O) groups is 2. The fourth-order valence-corrected chi connectivity index (χ4v) is 5.07. The first-order valence-corrected chi connectivity index (χ1v) is 11.2. The average Bonchev–Trinajstić information content (AvgIpc) is 3.50. The molecule has 4 rings (SSSR count). The lowest BCUT2D eigenvalue weighted by Crippen LogP contribution is -2.44. The van der Waals surface area contributed by atoms with Crippen LogP contribution in [-0.4, -0.2) is 44.0 Å². The molecule has 1 fully saturated rings. The van der Waals surface area contributed by atoms with Crippen LogP contribution in [0.5, 0.6) is 5.75 Å². The standard InChI is InChI=1S/C25H26N2O3S/c1-26-24(29)25(16-18-9-11-19(12-10-18)22-8-5-15-31-22)13-14-27(17-25)23(28)20-6-3-4-7-21(20)30-2/h3-12,15H,13-14,16-17H2,1-2H3,(H,26,29). The maximum Gasteiger partial charge on any atom is 0.257 e. The molecular formula is C25H26N2O3S. The van der Waals surface area contributed by atoms with Crippen molar-refractivity contribution in [3.05, 3.63) is 77.2 Å².